The molecule has 2 heterocycles. The molecule has 2 amide bonds. The highest BCUT2D eigenvalue weighted by molar-refractivity contribution is 6.03. The smallest absolute Gasteiger partial charge is 0.340 e. The van der Waals surface area contributed by atoms with E-state index in [9.17, 15) is 14.4 Å². The van der Waals surface area contributed by atoms with E-state index in [4.69, 9.17) is 14.2 Å². The molecule has 1 saturated heterocycles. The van der Waals surface area contributed by atoms with Gasteiger partial charge in [0.05, 0.1) is 17.3 Å². The lowest BCUT2D eigenvalue weighted by molar-refractivity contribution is -0.125. The lowest BCUT2D eigenvalue weighted by atomic mass is 10.1. The van der Waals surface area contributed by atoms with Crippen LogP contribution in [0.4, 0.5) is 5.69 Å². The second kappa shape index (κ2) is 8.44. The number of nitrogens with one attached hydrogen (secondary N) is 1. The molecule has 1 atom stereocenters. The lowest BCUT2D eigenvalue weighted by Crippen LogP contribution is -2.31. The van der Waals surface area contributed by atoms with Gasteiger partial charge in [-0.3, -0.25) is 9.59 Å². The number of rotatable bonds is 6. The van der Waals surface area contributed by atoms with Crippen LogP contribution in [0.2, 0.25) is 0 Å². The monoisotopic (exact) mass is 410 g/mol. The predicted octanol–water partition coefficient (Wildman–Crippen LogP) is 2.58. The standard InChI is InChI=1S/C22H22N2O6/c1-14(15-8-9-18-19(11-15)30-13-29-18)23-20(25)12-28-22(27)16-5-2-3-6-17(16)24-10-4-7-21(24)26/h2-3,5-6,8-9,11,14H,4,7,10,12-13H2,1H3,(H,23,25)/t14-/m0/s1. The number of esters is 1. The lowest BCUT2D eigenvalue weighted by Gasteiger charge is -2.19. The Morgan fingerprint density at radius 3 is 2.77 bits per heavy atom. The van der Waals surface area contributed by atoms with Crippen LogP contribution in [0.25, 0.3) is 0 Å². The molecule has 0 radical (unpaired) electrons. The van der Waals surface area contributed by atoms with Gasteiger partial charge in [0.1, 0.15) is 0 Å². The number of fused-ring (bicyclic) bond motifs is 1. The first-order valence-corrected chi connectivity index (χ1v) is 9.78. The number of carbonyl (C=O) groups is 3. The van der Waals surface area contributed by atoms with Crippen LogP contribution in [-0.2, 0) is 14.3 Å². The fraction of sp³-hybridized carbons (Fsp3) is 0.318. The Bertz CT molecular complexity index is 989. The van der Waals surface area contributed by atoms with Gasteiger partial charge in [-0.25, -0.2) is 4.79 Å². The van der Waals surface area contributed by atoms with Crippen LogP contribution in [0.15, 0.2) is 42.5 Å². The summed E-state index contributed by atoms with van der Waals surface area (Å²) in [5, 5.41) is 2.79. The predicted molar refractivity (Wildman–Crippen MR) is 107 cm³/mol. The zero-order chi connectivity index (χ0) is 21.1. The van der Waals surface area contributed by atoms with Crippen molar-refractivity contribution in [1.82, 2.24) is 5.32 Å². The summed E-state index contributed by atoms with van der Waals surface area (Å²) in [4.78, 5) is 38.4. The molecule has 156 valence electrons. The highest BCUT2D eigenvalue weighted by atomic mass is 16.7. The zero-order valence-corrected chi connectivity index (χ0v) is 16.6. The number of hydrogen-bond donors (Lipinski definition) is 1. The number of nitrogens with zero attached hydrogens (tertiary/aromatic N) is 1. The van der Waals surface area contributed by atoms with E-state index in [0.717, 1.165) is 12.0 Å². The molecule has 0 aliphatic carbocycles. The minimum atomic E-state index is -0.642. The van der Waals surface area contributed by atoms with Gasteiger partial charge in [0.25, 0.3) is 5.91 Å². The van der Waals surface area contributed by atoms with Crippen molar-refractivity contribution in [3.8, 4) is 11.5 Å². The number of amides is 2. The highest BCUT2D eigenvalue weighted by Gasteiger charge is 2.26. The Balaban J connectivity index is 1.35. The average molecular weight is 410 g/mol. The molecule has 4 rings (SSSR count). The molecule has 2 aliphatic rings. The fourth-order valence-corrected chi connectivity index (χ4v) is 3.54. The molecular formula is C22H22N2O6. The number of carbonyl (C=O) groups excluding carboxylic acids is 3. The third kappa shape index (κ3) is 4.07. The summed E-state index contributed by atoms with van der Waals surface area (Å²) in [5.74, 6) is 0.208. The molecule has 0 spiro atoms. The molecule has 30 heavy (non-hydrogen) atoms. The Hall–Kier alpha value is -3.55. The molecule has 1 N–H and O–H groups in total. The number of anilines is 1. The second-order valence-electron chi connectivity index (χ2n) is 7.14. The Morgan fingerprint density at radius 1 is 1.17 bits per heavy atom. The van der Waals surface area contributed by atoms with Gasteiger partial charge >= 0.3 is 5.97 Å². The number of para-hydroxylation sites is 1. The van der Waals surface area contributed by atoms with Gasteiger partial charge in [0, 0.05) is 13.0 Å². The fourth-order valence-electron chi connectivity index (χ4n) is 3.54. The van der Waals surface area contributed by atoms with Crippen LogP contribution in [0.1, 0.15) is 41.7 Å². The summed E-state index contributed by atoms with van der Waals surface area (Å²) < 4.78 is 15.8. The van der Waals surface area contributed by atoms with Crippen molar-refractivity contribution in [2.24, 2.45) is 0 Å². The van der Waals surface area contributed by atoms with E-state index < -0.39 is 18.5 Å². The molecular weight excluding hydrogens is 388 g/mol. The number of benzene rings is 2. The van der Waals surface area contributed by atoms with Crippen molar-refractivity contribution in [1.29, 1.82) is 0 Å². The first-order chi connectivity index (χ1) is 14.5. The summed E-state index contributed by atoms with van der Waals surface area (Å²) in [6, 6.07) is 11.9. The molecule has 8 nitrogen and oxygen atoms in total. The quantitative estimate of drug-likeness (QED) is 0.736. The van der Waals surface area contributed by atoms with Crippen molar-refractivity contribution in [2.75, 3.05) is 24.8 Å². The third-order valence-corrected chi connectivity index (χ3v) is 5.10. The maximum atomic E-state index is 12.5. The van der Waals surface area contributed by atoms with Gasteiger partial charge < -0.3 is 24.4 Å². The van der Waals surface area contributed by atoms with Crippen molar-refractivity contribution in [2.45, 2.75) is 25.8 Å². The van der Waals surface area contributed by atoms with Crippen molar-refractivity contribution in [3.63, 3.8) is 0 Å². The second-order valence-corrected chi connectivity index (χ2v) is 7.14. The van der Waals surface area contributed by atoms with E-state index in [1.807, 2.05) is 19.1 Å². The molecule has 1 fully saturated rings. The molecule has 0 aromatic heterocycles. The third-order valence-electron chi connectivity index (χ3n) is 5.10. The van der Waals surface area contributed by atoms with E-state index in [-0.39, 0.29) is 24.3 Å². The molecule has 2 aliphatic heterocycles. The van der Waals surface area contributed by atoms with Gasteiger partial charge in [-0.05, 0) is 43.2 Å². The Kier molecular flexibility index (Phi) is 5.56. The van der Waals surface area contributed by atoms with Crippen LogP contribution in [-0.4, -0.2) is 37.7 Å². The van der Waals surface area contributed by atoms with E-state index in [0.29, 0.717) is 30.2 Å². The van der Waals surface area contributed by atoms with Gasteiger partial charge in [-0.2, -0.15) is 0 Å². The topological polar surface area (TPSA) is 94.2 Å². The van der Waals surface area contributed by atoms with Crippen LogP contribution >= 0.6 is 0 Å². The van der Waals surface area contributed by atoms with Gasteiger partial charge in [-0.1, -0.05) is 18.2 Å². The average Bonchev–Trinajstić information content (AvgIpc) is 3.40. The minimum absolute atomic E-state index is 0.0226. The summed E-state index contributed by atoms with van der Waals surface area (Å²) in [6.45, 7) is 2.15. The van der Waals surface area contributed by atoms with Crippen LogP contribution < -0.4 is 19.7 Å². The van der Waals surface area contributed by atoms with Crippen molar-refractivity contribution in [3.05, 3.63) is 53.6 Å². The van der Waals surface area contributed by atoms with Gasteiger partial charge in [-0.15, -0.1) is 0 Å². The Labute approximate surface area is 173 Å². The van der Waals surface area contributed by atoms with Crippen molar-refractivity contribution < 1.29 is 28.6 Å². The molecule has 2 aromatic carbocycles. The summed E-state index contributed by atoms with van der Waals surface area (Å²) in [7, 11) is 0. The highest BCUT2D eigenvalue weighted by Crippen LogP contribution is 2.34. The Morgan fingerprint density at radius 2 is 1.97 bits per heavy atom. The first kappa shape index (κ1) is 19.8. The van der Waals surface area contributed by atoms with E-state index >= 15 is 0 Å². The summed E-state index contributed by atoms with van der Waals surface area (Å²) in [5.41, 5.74) is 1.63. The van der Waals surface area contributed by atoms with Crippen LogP contribution in [0, 0.1) is 0 Å². The van der Waals surface area contributed by atoms with Gasteiger partial charge in [0.2, 0.25) is 12.7 Å². The van der Waals surface area contributed by atoms with E-state index in [2.05, 4.69) is 5.32 Å². The number of ether oxygens (including phenoxy) is 3. The molecule has 2 aromatic rings. The maximum absolute atomic E-state index is 12.5. The van der Waals surface area contributed by atoms with Gasteiger partial charge in [0.15, 0.2) is 18.1 Å². The van der Waals surface area contributed by atoms with Crippen LogP contribution in [0.3, 0.4) is 0 Å². The summed E-state index contributed by atoms with van der Waals surface area (Å²) >= 11 is 0. The number of hydrogen-bond acceptors (Lipinski definition) is 6. The molecule has 0 unspecified atom stereocenters. The minimum Gasteiger partial charge on any atom is -0.454 e. The maximum Gasteiger partial charge on any atom is 0.340 e. The first-order valence-electron chi connectivity index (χ1n) is 9.78. The normalized spacial score (nSPS) is 15.8. The summed E-state index contributed by atoms with van der Waals surface area (Å²) in [6.07, 6.45) is 1.21. The van der Waals surface area contributed by atoms with Crippen LogP contribution in [0.5, 0.6) is 11.5 Å². The van der Waals surface area contributed by atoms with Crippen molar-refractivity contribution >= 4 is 23.5 Å². The molecule has 0 saturated carbocycles. The molecule has 0 bridgehead atoms. The zero-order valence-electron chi connectivity index (χ0n) is 16.6. The SMILES string of the molecule is C[C@H](NC(=O)COC(=O)c1ccccc1N1CCCC1=O)c1ccc2c(c1)OCO2. The molecule has 8 heteroatoms. The largest absolute Gasteiger partial charge is 0.454 e. The van der Waals surface area contributed by atoms with E-state index in [1.165, 1.54) is 0 Å². The van der Waals surface area contributed by atoms with E-state index in [1.54, 1.807) is 35.2 Å².